The Labute approximate surface area is 153 Å². The standard InChI is InChI=1S/C19H14F2N4O2/c1-27-18-12(19(26)23-9-8-22)4-7-16-17(18)15(24-25-16)6-3-11-2-5-13(20)14(21)10-11/h2-7,10H,9H2,1H3,(H,23,26)(H,24,25). The van der Waals surface area contributed by atoms with E-state index in [1.807, 2.05) is 6.07 Å². The number of nitrogens with zero attached hydrogens (tertiary/aromatic N) is 2. The third kappa shape index (κ3) is 3.62. The lowest BCUT2D eigenvalue weighted by Crippen LogP contribution is -2.24. The van der Waals surface area contributed by atoms with Crippen molar-refractivity contribution in [2.45, 2.75) is 0 Å². The van der Waals surface area contributed by atoms with Crippen molar-refractivity contribution in [3.8, 4) is 11.8 Å². The smallest absolute Gasteiger partial charge is 0.255 e. The molecule has 1 amide bonds. The highest BCUT2D eigenvalue weighted by atomic mass is 19.2. The number of rotatable bonds is 5. The summed E-state index contributed by atoms with van der Waals surface area (Å²) in [5.41, 5.74) is 1.80. The minimum Gasteiger partial charge on any atom is -0.495 e. The molecule has 0 atom stereocenters. The Bertz CT molecular complexity index is 1080. The van der Waals surface area contributed by atoms with Gasteiger partial charge in [-0.15, -0.1) is 0 Å². The highest BCUT2D eigenvalue weighted by molar-refractivity contribution is 6.05. The molecule has 0 unspecified atom stereocenters. The highest BCUT2D eigenvalue weighted by Crippen LogP contribution is 2.32. The molecule has 3 rings (SSSR count). The van der Waals surface area contributed by atoms with Gasteiger partial charge in [0.25, 0.3) is 5.91 Å². The van der Waals surface area contributed by atoms with Crippen LogP contribution in [0.15, 0.2) is 30.3 Å². The number of nitriles is 1. The Kier molecular flexibility index (Phi) is 5.13. The predicted octanol–water partition coefficient (Wildman–Crippen LogP) is 3.27. The number of aromatic nitrogens is 2. The maximum absolute atomic E-state index is 13.3. The summed E-state index contributed by atoms with van der Waals surface area (Å²) in [4.78, 5) is 12.2. The van der Waals surface area contributed by atoms with Gasteiger partial charge in [0.1, 0.15) is 12.3 Å². The van der Waals surface area contributed by atoms with Crippen molar-refractivity contribution in [3.05, 3.63) is 58.8 Å². The second-order valence-electron chi connectivity index (χ2n) is 5.53. The summed E-state index contributed by atoms with van der Waals surface area (Å²) in [6.45, 7) is -0.131. The van der Waals surface area contributed by atoms with Gasteiger partial charge in [-0.2, -0.15) is 10.4 Å². The predicted molar refractivity (Wildman–Crippen MR) is 95.9 cm³/mol. The number of hydrogen-bond donors (Lipinski definition) is 2. The fraction of sp³-hybridized carbons (Fsp3) is 0.105. The second-order valence-corrected chi connectivity index (χ2v) is 5.53. The van der Waals surface area contributed by atoms with E-state index in [1.54, 1.807) is 24.3 Å². The number of H-pyrrole nitrogens is 1. The summed E-state index contributed by atoms with van der Waals surface area (Å²) in [5, 5.41) is 18.6. The minimum absolute atomic E-state index is 0.131. The summed E-state index contributed by atoms with van der Waals surface area (Å²) in [5.74, 6) is -2.03. The number of ether oxygens (including phenoxy) is 1. The van der Waals surface area contributed by atoms with Crippen LogP contribution in [0, 0.1) is 23.0 Å². The Hall–Kier alpha value is -3.73. The zero-order chi connectivity index (χ0) is 19.4. The second kappa shape index (κ2) is 7.66. The van der Waals surface area contributed by atoms with Crippen LogP contribution in [0.5, 0.6) is 5.75 Å². The number of methoxy groups -OCH3 is 1. The van der Waals surface area contributed by atoms with Crippen molar-refractivity contribution in [1.82, 2.24) is 15.5 Å². The summed E-state index contributed by atoms with van der Waals surface area (Å²) >= 11 is 0. The number of halogens is 2. The normalized spacial score (nSPS) is 10.9. The highest BCUT2D eigenvalue weighted by Gasteiger charge is 2.18. The van der Waals surface area contributed by atoms with Crippen molar-refractivity contribution in [3.63, 3.8) is 0 Å². The van der Waals surface area contributed by atoms with Gasteiger partial charge in [0.05, 0.1) is 35.3 Å². The lowest BCUT2D eigenvalue weighted by Gasteiger charge is -2.09. The van der Waals surface area contributed by atoms with E-state index in [2.05, 4.69) is 15.5 Å². The number of fused-ring (bicyclic) bond motifs is 1. The van der Waals surface area contributed by atoms with Gasteiger partial charge >= 0.3 is 0 Å². The van der Waals surface area contributed by atoms with Crippen LogP contribution in [-0.4, -0.2) is 29.8 Å². The molecule has 8 heteroatoms. The molecule has 0 saturated carbocycles. The monoisotopic (exact) mass is 368 g/mol. The molecule has 2 aromatic carbocycles. The average molecular weight is 368 g/mol. The molecule has 27 heavy (non-hydrogen) atoms. The van der Waals surface area contributed by atoms with Crippen LogP contribution in [0.25, 0.3) is 23.1 Å². The lowest BCUT2D eigenvalue weighted by molar-refractivity contribution is 0.0955. The van der Waals surface area contributed by atoms with Crippen LogP contribution in [0.2, 0.25) is 0 Å². The number of carbonyl (C=O) groups excluding carboxylic acids is 1. The van der Waals surface area contributed by atoms with Gasteiger partial charge in [-0.3, -0.25) is 9.89 Å². The number of nitrogens with one attached hydrogen (secondary N) is 2. The number of carbonyl (C=O) groups is 1. The molecule has 136 valence electrons. The first kappa shape index (κ1) is 18.1. The van der Waals surface area contributed by atoms with Gasteiger partial charge in [0.2, 0.25) is 0 Å². The molecule has 2 N–H and O–H groups in total. The Balaban J connectivity index is 2.03. The van der Waals surface area contributed by atoms with Crippen LogP contribution < -0.4 is 10.1 Å². The summed E-state index contributed by atoms with van der Waals surface area (Å²) in [7, 11) is 1.42. The van der Waals surface area contributed by atoms with Gasteiger partial charge in [0.15, 0.2) is 11.6 Å². The fourth-order valence-corrected chi connectivity index (χ4v) is 2.62. The van der Waals surface area contributed by atoms with E-state index in [9.17, 15) is 13.6 Å². The van der Waals surface area contributed by atoms with Crippen LogP contribution in [0.3, 0.4) is 0 Å². The molecular formula is C19H14F2N4O2. The van der Waals surface area contributed by atoms with Crippen molar-refractivity contribution < 1.29 is 18.3 Å². The quantitative estimate of drug-likeness (QED) is 0.676. The summed E-state index contributed by atoms with van der Waals surface area (Å²) < 4.78 is 31.8. The molecule has 0 aliphatic heterocycles. The van der Waals surface area contributed by atoms with Crippen LogP contribution >= 0.6 is 0 Å². The van der Waals surface area contributed by atoms with Crippen molar-refractivity contribution in [2.24, 2.45) is 0 Å². The third-order valence-electron chi connectivity index (χ3n) is 3.86. The van der Waals surface area contributed by atoms with E-state index in [4.69, 9.17) is 10.00 Å². The van der Waals surface area contributed by atoms with Crippen molar-refractivity contribution in [2.75, 3.05) is 13.7 Å². The van der Waals surface area contributed by atoms with Crippen molar-refractivity contribution in [1.29, 1.82) is 5.26 Å². The van der Waals surface area contributed by atoms with Crippen LogP contribution in [-0.2, 0) is 0 Å². The van der Waals surface area contributed by atoms with Gasteiger partial charge in [-0.05, 0) is 35.9 Å². The first-order chi connectivity index (χ1) is 13.0. The molecule has 0 spiro atoms. The Morgan fingerprint density at radius 3 is 2.81 bits per heavy atom. The zero-order valence-electron chi connectivity index (χ0n) is 14.2. The zero-order valence-corrected chi connectivity index (χ0v) is 14.2. The molecule has 0 aliphatic carbocycles. The van der Waals surface area contributed by atoms with E-state index in [1.165, 1.54) is 13.2 Å². The SMILES string of the molecule is COc1c(C(=O)NCC#N)ccc2[nH]nc(C=Cc3ccc(F)c(F)c3)c12. The van der Waals surface area contributed by atoms with E-state index in [0.717, 1.165) is 12.1 Å². The maximum Gasteiger partial charge on any atom is 0.255 e. The third-order valence-corrected chi connectivity index (χ3v) is 3.86. The van der Waals surface area contributed by atoms with Gasteiger partial charge < -0.3 is 10.1 Å². The molecule has 0 saturated heterocycles. The first-order valence-electron chi connectivity index (χ1n) is 7.88. The largest absolute Gasteiger partial charge is 0.495 e. The Morgan fingerprint density at radius 1 is 1.30 bits per heavy atom. The molecule has 0 bridgehead atoms. The summed E-state index contributed by atoms with van der Waals surface area (Å²) in [6.07, 6.45) is 3.17. The number of aromatic amines is 1. The minimum atomic E-state index is -0.946. The number of hydrogen-bond acceptors (Lipinski definition) is 4. The lowest BCUT2D eigenvalue weighted by atomic mass is 10.1. The van der Waals surface area contributed by atoms with Gasteiger partial charge in [-0.1, -0.05) is 12.1 Å². The van der Waals surface area contributed by atoms with Crippen LogP contribution in [0.1, 0.15) is 21.6 Å². The van der Waals surface area contributed by atoms with E-state index in [0.29, 0.717) is 27.9 Å². The molecule has 1 heterocycles. The van der Waals surface area contributed by atoms with Gasteiger partial charge in [-0.25, -0.2) is 8.78 Å². The molecule has 0 radical (unpaired) electrons. The topological polar surface area (TPSA) is 90.8 Å². The maximum atomic E-state index is 13.3. The number of amides is 1. The Morgan fingerprint density at radius 2 is 2.11 bits per heavy atom. The molecule has 1 aromatic heterocycles. The van der Waals surface area contributed by atoms with Crippen LogP contribution in [0.4, 0.5) is 8.78 Å². The van der Waals surface area contributed by atoms with Crippen molar-refractivity contribution >= 4 is 29.0 Å². The van der Waals surface area contributed by atoms with E-state index >= 15 is 0 Å². The number of benzene rings is 2. The fourth-order valence-electron chi connectivity index (χ4n) is 2.62. The first-order valence-corrected chi connectivity index (χ1v) is 7.88. The molecule has 0 fully saturated rings. The molecule has 6 nitrogen and oxygen atoms in total. The molecule has 3 aromatic rings. The van der Waals surface area contributed by atoms with E-state index in [-0.39, 0.29) is 12.1 Å². The molecule has 0 aliphatic rings. The average Bonchev–Trinajstić information content (AvgIpc) is 3.09. The van der Waals surface area contributed by atoms with E-state index < -0.39 is 17.5 Å². The molecular weight excluding hydrogens is 354 g/mol. The summed E-state index contributed by atoms with van der Waals surface area (Å²) in [6, 6.07) is 8.61. The van der Waals surface area contributed by atoms with Gasteiger partial charge in [0, 0.05) is 0 Å².